The normalized spacial score (nSPS) is 18.7. The van der Waals surface area contributed by atoms with Crippen LogP contribution in [0.2, 0.25) is 0 Å². The summed E-state index contributed by atoms with van der Waals surface area (Å²) < 4.78 is 5.01. The molecule has 0 aliphatic heterocycles. The summed E-state index contributed by atoms with van der Waals surface area (Å²) in [6.07, 6.45) is 3.99. The maximum atomic E-state index is 12.6. The van der Waals surface area contributed by atoms with Crippen molar-refractivity contribution >= 4 is 11.8 Å². The van der Waals surface area contributed by atoms with Gasteiger partial charge in [0.25, 0.3) is 5.91 Å². The number of carbonyl (C=O) groups is 2. The van der Waals surface area contributed by atoms with E-state index >= 15 is 0 Å². The van der Waals surface area contributed by atoms with Gasteiger partial charge in [0.2, 0.25) is 11.8 Å². The minimum absolute atomic E-state index is 0.00726. The van der Waals surface area contributed by atoms with Crippen LogP contribution in [0.3, 0.4) is 0 Å². The lowest BCUT2D eigenvalue weighted by Gasteiger charge is -2.20. The Morgan fingerprint density at radius 2 is 2.07 bits per heavy atom. The number of aromatic nitrogens is 1. The van der Waals surface area contributed by atoms with Gasteiger partial charge < -0.3 is 15.4 Å². The molecule has 0 radical (unpaired) electrons. The van der Waals surface area contributed by atoms with Crippen LogP contribution in [0.5, 0.6) is 5.88 Å². The molecule has 1 saturated carbocycles. The second kappa shape index (κ2) is 8.66. The highest BCUT2D eigenvalue weighted by atomic mass is 16.5. The minimum Gasteiger partial charge on any atom is -0.481 e. The Morgan fingerprint density at radius 3 is 2.78 bits per heavy atom. The zero-order valence-electron chi connectivity index (χ0n) is 15.7. The van der Waals surface area contributed by atoms with Crippen molar-refractivity contribution in [3.63, 3.8) is 0 Å². The number of aryl methyl sites for hydroxylation is 1. The number of amides is 2. The van der Waals surface area contributed by atoms with Gasteiger partial charge in [-0.1, -0.05) is 36.2 Å². The third-order valence-corrected chi connectivity index (χ3v) is 4.93. The second-order valence-corrected chi connectivity index (χ2v) is 6.91. The number of nitrogens with one attached hydrogen (secondary N) is 2. The molecule has 1 aromatic heterocycles. The molecular formula is C21H25N3O3. The Bertz CT molecular complexity index is 805. The Morgan fingerprint density at radius 1 is 1.22 bits per heavy atom. The standard InChI is InChI=1S/C21H25N3O3/c1-14-5-3-6-15(11-14)12-23-21(26)17-7-4-8-18(17)24-20(25)16-9-10-19(27-2)22-13-16/h3,5-6,9-11,13,17-18H,4,7-8,12H2,1-2H3,(H,23,26)(H,24,25)/t17-,18+/m0/s1. The van der Waals surface area contributed by atoms with E-state index in [1.165, 1.54) is 18.9 Å². The average Bonchev–Trinajstić information content (AvgIpc) is 3.14. The van der Waals surface area contributed by atoms with E-state index in [9.17, 15) is 9.59 Å². The fraction of sp³-hybridized carbons (Fsp3) is 0.381. The number of ether oxygens (including phenoxy) is 1. The van der Waals surface area contributed by atoms with Crippen LogP contribution in [-0.4, -0.2) is 29.9 Å². The predicted molar refractivity (Wildman–Crippen MR) is 102 cm³/mol. The maximum Gasteiger partial charge on any atom is 0.253 e. The van der Waals surface area contributed by atoms with Crippen LogP contribution in [0.4, 0.5) is 0 Å². The van der Waals surface area contributed by atoms with E-state index in [0.717, 1.165) is 24.8 Å². The van der Waals surface area contributed by atoms with Crippen molar-refractivity contribution in [1.29, 1.82) is 0 Å². The summed E-state index contributed by atoms with van der Waals surface area (Å²) in [6.45, 7) is 2.53. The average molecular weight is 367 g/mol. The van der Waals surface area contributed by atoms with Crippen molar-refractivity contribution < 1.29 is 14.3 Å². The lowest BCUT2D eigenvalue weighted by atomic mass is 10.0. The van der Waals surface area contributed by atoms with E-state index in [-0.39, 0.29) is 23.8 Å². The number of nitrogens with zero attached hydrogens (tertiary/aromatic N) is 1. The number of methoxy groups -OCH3 is 1. The summed E-state index contributed by atoms with van der Waals surface area (Å²) in [5.41, 5.74) is 2.70. The number of rotatable bonds is 6. The largest absolute Gasteiger partial charge is 0.481 e. The van der Waals surface area contributed by atoms with Crippen LogP contribution in [0, 0.1) is 12.8 Å². The highest BCUT2D eigenvalue weighted by Crippen LogP contribution is 2.26. The van der Waals surface area contributed by atoms with Crippen LogP contribution in [0.25, 0.3) is 0 Å². The third-order valence-electron chi connectivity index (χ3n) is 4.93. The van der Waals surface area contributed by atoms with Gasteiger partial charge in [-0.15, -0.1) is 0 Å². The van der Waals surface area contributed by atoms with Gasteiger partial charge in [0.15, 0.2) is 0 Å². The van der Waals surface area contributed by atoms with Crippen molar-refractivity contribution in [3.05, 3.63) is 59.3 Å². The second-order valence-electron chi connectivity index (χ2n) is 6.91. The molecule has 0 saturated heterocycles. The molecule has 0 bridgehead atoms. The van der Waals surface area contributed by atoms with Gasteiger partial charge in [0.1, 0.15) is 0 Å². The van der Waals surface area contributed by atoms with Gasteiger partial charge in [-0.2, -0.15) is 0 Å². The van der Waals surface area contributed by atoms with Crippen molar-refractivity contribution in [1.82, 2.24) is 15.6 Å². The van der Waals surface area contributed by atoms with Gasteiger partial charge in [0.05, 0.1) is 18.6 Å². The zero-order valence-corrected chi connectivity index (χ0v) is 15.7. The summed E-state index contributed by atoms with van der Waals surface area (Å²) in [6, 6.07) is 11.2. The molecule has 1 aliphatic carbocycles. The summed E-state index contributed by atoms with van der Waals surface area (Å²) in [7, 11) is 1.53. The first-order chi connectivity index (χ1) is 13.1. The maximum absolute atomic E-state index is 12.6. The topological polar surface area (TPSA) is 80.3 Å². The van der Waals surface area contributed by atoms with Gasteiger partial charge in [-0.3, -0.25) is 9.59 Å². The van der Waals surface area contributed by atoms with Crippen molar-refractivity contribution in [2.75, 3.05) is 7.11 Å². The number of carbonyl (C=O) groups excluding carboxylic acids is 2. The van der Waals surface area contributed by atoms with Gasteiger partial charge >= 0.3 is 0 Å². The predicted octanol–water partition coefficient (Wildman–Crippen LogP) is 2.61. The Hall–Kier alpha value is -2.89. The Balaban J connectivity index is 1.57. The van der Waals surface area contributed by atoms with Gasteiger partial charge in [0, 0.05) is 24.8 Å². The highest BCUT2D eigenvalue weighted by molar-refractivity contribution is 5.94. The minimum atomic E-state index is -0.214. The number of hydrogen-bond donors (Lipinski definition) is 2. The van der Waals surface area contributed by atoms with Crippen molar-refractivity contribution in [3.8, 4) is 5.88 Å². The SMILES string of the molecule is COc1ccc(C(=O)N[C@@H]2CCC[C@@H]2C(=O)NCc2cccc(C)c2)cn1. The number of benzene rings is 1. The zero-order chi connectivity index (χ0) is 19.2. The lowest BCUT2D eigenvalue weighted by molar-refractivity contribution is -0.125. The van der Waals surface area contributed by atoms with E-state index in [1.54, 1.807) is 12.1 Å². The molecule has 3 rings (SSSR count). The Labute approximate surface area is 159 Å². The lowest BCUT2D eigenvalue weighted by Crippen LogP contribution is -2.43. The molecule has 0 unspecified atom stereocenters. The first kappa shape index (κ1) is 18.9. The summed E-state index contributed by atoms with van der Waals surface area (Å²) >= 11 is 0. The molecule has 6 heteroatoms. The van der Waals surface area contributed by atoms with Crippen LogP contribution in [0.1, 0.15) is 40.7 Å². The molecule has 2 amide bonds. The number of hydrogen-bond acceptors (Lipinski definition) is 4. The van der Waals surface area contributed by atoms with E-state index in [2.05, 4.69) is 21.7 Å². The molecule has 2 aromatic rings. The third kappa shape index (κ3) is 4.84. The van der Waals surface area contributed by atoms with Crippen molar-refractivity contribution in [2.45, 2.75) is 38.8 Å². The molecule has 2 atom stereocenters. The Kier molecular flexibility index (Phi) is 6.06. The van der Waals surface area contributed by atoms with E-state index in [0.29, 0.717) is 18.0 Å². The molecule has 1 aliphatic rings. The molecule has 142 valence electrons. The van der Waals surface area contributed by atoms with E-state index < -0.39 is 0 Å². The fourth-order valence-electron chi connectivity index (χ4n) is 3.48. The fourth-order valence-corrected chi connectivity index (χ4v) is 3.48. The monoisotopic (exact) mass is 367 g/mol. The first-order valence-corrected chi connectivity index (χ1v) is 9.21. The van der Waals surface area contributed by atoms with E-state index in [1.807, 2.05) is 25.1 Å². The molecule has 6 nitrogen and oxygen atoms in total. The quantitative estimate of drug-likeness (QED) is 0.822. The molecule has 1 heterocycles. The molecule has 2 N–H and O–H groups in total. The molecular weight excluding hydrogens is 342 g/mol. The highest BCUT2D eigenvalue weighted by Gasteiger charge is 2.34. The summed E-state index contributed by atoms with van der Waals surface area (Å²) in [5.74, 6) is 0.0338. The molecule has 1 fully saturated rings. The molecule has 0 spiro atoms. The van der Waals surface area contributed by atoms with Gasteiger partial charge in [-0.05, 0) is 31.4 Å². The number of pyridine rings is 1. The van der Waals surface area contributed by atoms with Crippen LogP contribution in [0.15, 0.2) is 42.6 Å². The first-order valence-electron chi connectivity index (χ1n) is 9.21. The molecule has 27 heavy (non-hydrogen) atoms. The molecule has 1 aromatic carbocycles. The van der Waals surface area contributed by atoms with Gasteiger partial charge in [-0.25, -0.2) is 4.98 Å². The van der Waals surface area contributed by atoms with Crippen molar-refractivity contribution in [2.24, 2.45) is 5.92 Å². The summed E-state index contributed by atoms with van der Waals surface area (Å²) in [4.78, 5) is 29.1. The van der Waals surface area contributed by atoms with Crippen LogP contribution < -0.4 is 15.4 Å². The van der Waals surface area contributed by atoms with Crippen LogP contribution in [-0.2, 0) is 11.3 Å². The van der Waals surface area contributed by atoms with Crippen LogP contribution >= 0.6 is 0 Å². The van der Waals surface area contributed by atoms with E-state index in [4.69, 9.17) is 4.74 Å². The summed E-state index contributed by atoms with van der Waals surface area (Å²) in [5, 5.41) is 6.00. The smallest absolute Gasteiger partial charge is 0.253 e.